The fraction of sp³-hybridized carbons (Fsp3) is 0.188. The van der Waals surface area contributed by atoms with Crippen LogP contribution in [0.4, 0.5) is 0 Å². The van der Waals surface area contributed by atoms with Crippen LogP contribution in [0.5, 0.6) is 0 Å². The van der Waals surface area contributed by atoms with E-state index in [-0.39, 0.29) is 5.91 Å². The number of esters is 1. The van der Waals surface area contributed by atoms with Crippen LogP contribution in [0.1, 0.15) is 5.56 Å². The second-order valence-electron chi connectivity index (χ2n) is 4.77. The first-order valence-corrected chi connectivity index (χ1v) is 7.73. The highest BCUT2D eigenvalue weighted by molar-refractivity contribution is 8.04. The van der Waals surface area contributed by atoms with Crippen LogP contribution < -0.4 is 0 Å². The van der Waals surface area contributed by atoms with Crippen LogP contribution in [0.2, 0.25) is 0 Å². The quantitative estimate of drug-likeness (QED) is 0.643. The minimum absolute atomic E-state index is 0.0203. The van der Waals surface area contributed by atoms with Gasteiger partial charge in [0.2, 0.25) is 5.91 Å². The van der Waals surface area contributed by atoms with E-state index in [9.17, 15) is 9.59 Å². The van der Waals surface area contributed by atoms with Crippen LogP contribution in [-0.2, 0) is 20.9 Å². The summed E-state index contributed by atoms with van der Waals surface area (Å²) in [5, 5.41) is 1.64. The van der Waals surface area contributed by atoms with Gasteiger partial charge in [-0.15, -0.1) is 0 Å². The lowest BCUT2D eigenvalue weighted by Gasteiger charge is -2.17. The fourth-order valence-electron chi connectivity index (χ4n) is 2.33. The molecule has 6 heteroatoms. The molecule has 0 bridgehead atoms. The molecular weight excluding hydrogens is 300 g/mol. The number of aromatic nitrogens is 1. The molecule has 1 fully saturated rings. The molecule has 1 aliphatic rings. The van der Waals surface area contributed by atoms with E-state index in [4.69, 9.17) is 0 Å². The van der Waals surface area contributed by atoms with Gasteiger partial charge in [0, 0.05) is 11.6 Å². The van der Waals surface area contributed by atoms with Crippen molar-refractivity contribution in [3.8, 4) is 0 Å². The Morgan fingerprint density at radius 2 is 2.23 bits per heavy atom. The highest BCUT2D eigenvalue weighted by Gasteiger charge is 2.28. The van der Waals surface area contributed by atoms with Crippen molar-refractivity contribution < 1.29 is 14.3 Å². The summed E-state index contributed by atoms with van der Waals surface area (Å²) in [6.07, 6.45) is 3.09. The number of ether oxygens (including phenoxy) is 1. The summed E-state index contributed by atoms with van der Waals surface area (Å²) in [6.45, 7) is 0.392. The highest BCUT2D eigenvalue weighted by atomic mass is 32.2. The molecule has 112 valence electrons. The molecule has 1 aromatic carbocycles. The van der Waals surface area contributed by atoms with Crippen molar-refractivity contribution in [2.45, 2.75) is 6.54 Å². The van der Waals surface area contributed by atoms with Gasteiger partial charge in [-0.05, 0) is 11.6 Å². The van der Waals surface area contributed by atoms with Crippen molar-refractivity contribution in [3.63, 3.8) is 0 Å². The van der Waals surface area contributed by atoms with E-state index in [1.54, 1.807) is 11.1 Å². The van der Waals surface area contributed by atoms with Crippen LogP contribution in [0.3, 0.4) is 0 Å². The molecule has 22 heavy (non-hydrogen) atoms. The highest BCUT2D eigenvalue weighted by Crippen LogP contribution is 2.31. The minimum Gasteiger partial charge on any atom is -0.466 e. The Hall–Kier alpha value is -2.34. The number of carbonyl (C=O) groups is 2. The number of nitrogens with zero attached hydrogens (tertiary/aromatic N) is 2. The van der Waals surface area contributed by atoms with E-state index >= 15 is 0 Å². The number of pyridine rings is 1. The Balaban J connectivity index is 1.94. The van der Waals surface area contributed by atoms with Crippen LogP contribution in [0.15, 0.2) is 47.6 Å². The average Bonchev–Trinajstić information content (AvgIpc) is 2.88. The van der Waals surface area contributed by atoms with Crippen LogP contribution in [0, 0.1) is 0 Å². The van der Waals surface area contributed by atoms with Crippen molar-refractivity contribution >= 4 is 34.5 Å². The molecule has 1 aliphatic heterocycles. The Labute approximate surface area is 132 Å². The van der Waals surface area contributed by atoms with Crippen molar-refractivity contribution in [3.05, 3.63) is 53.2 Å². The molecule has 0 unspecified atom stereocenters. The number of hydrogen-bond donors (Lipinski definition) is 0. The van der Waals surface area contributed by atoms with Crippen molar-refractivity contribution in [2.75, 3.05) is 12.9 Å². The van der Waals surface area contributed by atoms with Gasteiger partial charge in [-0.2, -0.15) is 0 Å². The second-order valence-corrected chi connectivity index (χ2v) is 5.76. The minimum atomic E-state index is -0.460. The molecule has 1 amide bonds. The maximum absolute atomic E-state index is 12.1. The maximum Gasteiger partial charge on any atom is 0.333 e. The molecule has 1 aromatic heterocycles. The van der Waals surface area contributed by atoms with E-state index in [1.165, 1.54) is 24.9 Å². The summed E-state index contributed by atoms with van der Waals surface area (Å²) in [7, 11) is 1.32. The van der Waals surface area contributed by atoms with E-state index in [0.717, 1.165) is 16.5 Å². The number of rotatable bonds is 3. The first-order chi connectivity index (χ1) is 10.7. The third kappa shape index (κ3) is 2.82. The molecule has 0 radical (unpaired) electrons. The van der Waals surface area contributed by atoms with E-state index in [0.29, 0.717) is 17.3 Å². The standard InChI is InChI=1S/C16H14N2O3S/c1-21-15(20)8-14-18(13(19)10-22-14)9-12-5-2-4-11-6-3-7-17-16(11)12/h2-8H,9-10H2,1H3/b14-8-. The van der Waals surface area contributed by atoms with Crippen LogP contribution >= 0.6 is 11.8 Å². The molecule has 5 nitrogen and oxygen atoms in total. The van der Waals surface area contributed by atoms with E-state index < -0.39 is 5.97 Å². The molecule has 0 N–H and O–H groups in total. The summed E-state index contributed by atoms with van der Waals surface area (Å²) < 4.78 is 4.64. The molecule has 3 rings (SSSR count). The van der Waals surface area contributed by atoms with Crippen LogP contribution in [-0.4, -0.2) is 34.6 Å². The largest absolute Gasteiger partial charge is 0.466 e. The summed E-state index contributed by atoms with van der Waals surface area (Å²) in [5.74, 6) is -0.146. The van der Waals surface area contributed by atoms with E-state index in [2.05, 4.69) is 9.72 Å². The third-order valence-electron chi connectivity index (χ3n) is 3.40. The van der Waals surface area contributed by atoms with Gasteiger partial charge in [-0.1, -0.05) is 36.0 Å². The zero-order chi connectivity index (χ0) is 15.5. The number of amides is 1. The summed E-state index contributed by atoms with van der Waals surface area (Å²) in [5.41, 5.74) is 1.82. The maximum atomic E-state index is 12.1. The van der Waals surface area contributed by atoms with Gasteiger partial charge in [-0.3, -0.25) is 9.78 Å². The van der Waals surface area contributed by atoms with Crippen molar-refractivity contribution in [2.24, 2.45) is 0 Å². The Kier molecular flexibility index (Phi) is 4.11. The van der Waals surface area contributed by atoms with Gasteiger partial charge < -0.3 is 9.64 Å². The van der Waals surface area contributed by atoms with Gasteiger partial charge in [0.25, 0.3) is 0 Å². The number of thioether (sulfide) groups is 1. The van der Waals surface area contributed by atoms with E-state index in [1.807, 2.05) is 30.3 Å². The molecule has 0 atom stereocenters. The lowest BCUT2D eigenvalue weighted by atomic mass is 10.1. The van der Waals surface area contributed by atoms with Gasteiger partial charge in [0.1, 0.15) is 0 Å². The van der Waals surface area contributed by atoms with Gasteiger partial charge >= 0.3 is 5.97 Å². The molecule has 1 saturated heterocycles. The predicted octanol–water partition coefficient (Wildman–Crippen LogP) is 2.32. The lowest BCUT2D eigenvalue weighted by Crippen LogP contribution is -2.24. The summed E-state index contributed by atoms with van der Waals surface area (Å²) >= 11 is 1.34. The van der Waals surface area contributed by atoms with Crippen molar-refractivity contribution in [1.82, 2.24) is 9.88 Å². The number of hydrogen-bond acceptors (Lipinski definition) is 5. The lowest BCUT2D eigenvalue weighted by molar-refractivity contribution is -0.134. The zero-order valence-electron chi connectivity index (χ0n) is 12.0. The zero-order valence-corrected chi connectivity index (χ0v) is 12.8. The predicted molar refractivity (Wildman–Crippen MR) is 84.9 cm³/mol. The Morgan fingerprint density at radius 3 is 3.05 bits per heavy atom. The topological polar surface area (TPSA) is 59.5 Å². The SMILES string of the molecule is COC(=O)/C=C1\SCC(=O)N1Cc1cccc2cccnc12. The molecular formula is C16H14N2O3S. The molecule has 0 saturated carbocycles. The Morgan fingerprint density at radius 1 is 1.41 bits per heavy atom. The Bertz CT molecular complexity index is 768. The molecule has 2 aromatic rings. The average molecular weight is 314 g/mol. The number of carbonyl (C=O) groups excluding carboxylic acids is 2. The normalized spacial score (nSPS) is 16.5. The van der Waals surface area contributed by atoms with Gasteiger partial charge in [0.05, 0.1) is 36.0 Å². The third-order valence-corrected chi connectivity index (χ3v) is 4.42. The summed E-state index contributed by atoms with van der Waals surface area (Å²) in [6, 6.07) is 9.73. The fourth-order valence-corrected chi connectivity index (χ4v) is 3.25. The number of para-hydroxylation sites is 1. The first kappa shape index (κ1) is 14.6. The second kappa shape index (κ2) is 6.19. The number of fused-ring (bicyclic) bond motifs is 1. The van der Waals surface area contributed by atoms with Crippen LogP contribution in [0.25, 0.3) is 10.9 Å². The molecule has 2 heterocycles. The summed E-state index contributed by atoms with van der Waals surface area (Å²) in [4.78, 5) is 29.5. The van der Waals surface area contributed by atoms with Gasteiger partial charge in [-0.25, -0.2) is 4.79 Å². The molecule has 0 aliphatic carbocycles. The monoisotopic (exact) mass is 314 g/mol. The first-order valence-electron chi connectivity index (χ1n) is 6.74. The number of benzene rings is 1. The smallest absolute Gasteiger partial charge is 0.333 e. The van der Waals surface area contributed by atoms with Crippen molar-refractivity contribution in [1.29, 1.82) is 0 Å². The number of methoxy groups -OCH3 is 1. The molecule has 0 spiro atoms. The van der Waals surface area contributed by atoms with Gasteiger partial charge in [0.15, 0.2) is 0 Å².